The molecule has 0 radical (unpaired) electrons. The van der Waals surface area contributed by atoms with Gasteiger partial charge in [-0.25, -0.2) is 15.0 Å². The molecule has 2 bridgehead atoms. The molecule has 3 aliphatic rings. The fraction of sp³-hybridized carbons (Fsp3) is 0.458. The molecule has 0 spiro atoms. The number of nitrogens with one attached hydrogen (secondary N) is 1. The Morgan fingerprint density at radius 1 is 1.03 bits per heavy atom. The highest BCUT2D eigenvalue weighted by Gasteiger charge is 2.42. The van der Waals surface area contributed by atoms with Crippen LogP contribution in [0.5, 0.6) is 0 Å². The lowest BCUT2D eigenvalue weighted by Gasteiger charge is -2.32. The number of anilines is 3. The molecule has 2 saturated heterocycles. The second kappa shape index (κ2) is 7.71. The van der Waals surface area contributed by atoms with Crippen molar-refractivity contribution in [3.05, 3.63) is 35.9 Å². The van der Waals surface area contributed by atoms with Crippen molar-refractivity contribution >= 4 is 39.1 Å². The Balaban J connectivity index is 1.16. The topological polar surface area (TPSA) is 87.9 Å². The number of likely N-dealkylation sites (tertiary alicyclic amines) is 1. The normalized spacial score (nSPS) is 22.0. The van der Waals surface area contributed by atoms with Gasteiger partial charge in [0, 0.05) is 61.4 Å². The molecule has 1 N–H and O–H groups in total. The van der Waals surface area contributed by atoms with Crippen molar-refractivity contribution < 1.29 is 0 Å². The van der Waals surface area contributed by atoms with E-state index in [-0.39, 0.29) is 0 Å². The Morgan fingerprint density at radius 2 is 1.97 bits per heavy atom. The number of piperazine rings is 1. The smallest absolute Gasteiger partial charge is 0.227 e. The molecule has 0 aromatic carbocycles. The molecule has 2 fully saturated rings. The zero-order valence-electron chi connectivity index (χ0n) is 19.4. The van der Waals surface area contributed by atoms with Crippen LogP contribution in [0.2, 0.25) is 0 Å². The van der Waals surface area contributed by atoms with E-state index in [0.29, 0.717) is 12.1 Å². The van der Waals surface area contributed by atoms with E-state index in [2.05, 4.69) is 36.9 Å². The molecular formula is C24H27N9S. The third-order valence-corrected chi connectivity index (χ3v) is 8.40. The number of fused-ring (bicyclic) bond motifs is 4. The summed E-state index contributed by atoms with van der Waals surface area (Å²) in [4.78, 5) is 24.0. The first-order valence-corrected chi connectivity index (χ1v) is 12.8. The minimum absolute atomic E-state index is 0.502. The summed E-state index contributed by atoms with van der Waals surface area (Å²) >= 11 is 1.68. The Labute approximate surface area is 201 Å². The molecule has 174 valence electrons. The third-order valence-electron chi connectivity index (χ3n) is 7.36. The van der Waals surface area contributed by atoms with E-state index in [9.17, 15) is 0 Å². The molecule has 0 unspecified atom stereocenters. The molecule has 4 aromatic heterocycles. The average molecular weight is 474 g/mol. The number of aryl methyl sites for hydroxylation is 2. The van der Waals surface area contributed by atoms with Crippen LogP contribution in [0, 0.1) is 6.92 Å². The number of rotatable bonds is 4. The molecule has 0 aliphatic carbocycles. The maximum Gasteiger partial charge on any atom is 0.227 e. The third kappa shape index (κ3) is 3.35. The van der Waals surface area contributed by atoms with Crippen molar-refractivity contribution in [2.75, 3.05) is 30.4 Å². The second-order valence-corrected chi connectivity index (χ2v) is 10.7. The van der Waals surface area contributed by atoms with Gasteiger partial charge >= 0.3 is 0 Å². The van der Waals surface area contributed by atoms with Gasteiger partial charge in [0.25, 0.3) is 0 Å². The monoisotopic (exact) mass is 473 g/mol. The van der Waals surface area contributed by atoms with Gasteiger partial charge in [0.15, 0.2) is 0 Å². The Hall–Kier alpha value is -3.11. The highest BCUT2D eigenvalue weighted by molar-refractivity contribution is 7.21. The summed E-state index contributed by atoms with van der Waals surface area (Å²) < 4.78 is 3.21. The first-order valence-electron chi connectivity index (χ1n) is 12.0. The lowest BCUT2D eigenvalue weighted by atomic mass is 10.1. The van der Waals surface area contributed by atoms with E-state index in [1.807, 2.05) is 31.5 Å². The molecule has 10 heteroatoms. The van der Waals surface area contributed by atoms with E-state index in [1.165, 1.54) is 25.0 Å². The number of hydrogen-bond donors (Lipinski definition) is 1. The SMILES string of the molecule is Cc1cc(Nc2cc3nc(-c4cnn5c4CCCC5)sc3cn2)nc(N2C[C@@H]3C[C@H]2CN3C)n1. The van der Waals surface area contributed by atoms with Gasteiger partial charge in [-0.15, -0.1) is 11.3 Å². The van der Waals surface area contributed by atoms with Crippen LogP contribution in [0.25, 0.3) is 20.8 Å². The number of nitrogens with zero attached hydrogens (tertiary/aromatic N) is 8. The number of pyridine rings is 1. The molecule has 0 amide bonds. The van der Waals surface area contributed by atoms with E-state index < -0.39 is 0 Å². The maximum absolute atomic E-state index is 4.94. The van der Waals surface area contributed by atoms with Crippen LogP contribution < -0.4 is 10.2 Å². The van der Waals surface area contributed by atoms with E-state index in [1.54, 1.807) is 11.3 Å². The van der Waals surface area contributed by atoms with Gasteiger partial charge in [0.05, 0.1) is 22.0 Å². The van der Waals surface area contributed by atoms with Crippen LogP contribution in [-0.2, 0) is 13.0 Å². The first-order chi connectivity index (χ1) is 16.6. The number of likely N-dealkylation sites (N-methyl/N-ethyl adjacent to an activating group) is 1. The lowest BCUT2D eigenvalue weighted by Crippen LogP contribution is -2.45. The van der Waals surface area contributed by atoms with E-state index in [0.717, 1.165) is 70.1 Å². The number of hydrogen-bond acceptors (Lipinski definition) is 9. The van der Waals surface area contributed by atoms with Crippen LogP contribution in [0.1, 0.15) is 30.7 Å². The molecule has 2 atom stereocenters. The molecule has 7 rings (SSSR count). The minimum Gasteiger partial charge on any atom is -0.335 e. The first kappa shape index (κ1) is 20.3. The molecule has 4 aromatic rings. The molecule has 0 saturated carbocycles. The highest BCUT2D eigenvalue weighted by atomic mass is 32.1. The largest absolute Gasteiger partial charge is 0.335 e. The summed E-state index contributed by atoms with van der Waals surface area (Å²) in [5.41, 5.74) is 4.37. The van der Waals surface area contributed by atoms with E-state index >= 15 is 0 Å². The lowest BCUT2D eigenvalue weighted by molar-refractivity contribution is 0.291. The van der Waals surface area contributed by atoms with Crippen molar-refractivity contribution in [2.45, 2.75) is 51.2 Å². The fourth-order valence-electron chi connectivity index (χ4n) is 5.61. The standard InChI is InChI=1S/C24H27N9S/c1-14-7-22(30-24(27-14)32-13-15-8-16(32)12-31(15)2)29-21-9-18-20(11-25-21)34-23(28-18)17-10-26-33-6-4-3-5-19(17)33/h7,9-11,15-16H,3-6,8,12-13H2,1-2H3,(H,25,27,29,30)/t15-,16-/m0/s1. The van der Waals surface area contributed by atoms with Crippen LogP contribution in [-0.4, -0.2) is 66.8 Å². The second-order valence-electron chi connectivity index (χ2n) is 9.70. The van der Waals surface area contributed by atoms with E-state index in [4.69, 9.17) is 15.0 Å². The van der Waals surface area contributed by atoms with Gasteiger partial charge in [-0.05, 0) is 39.7 Å². The maximum atomic E-state index is 4.94. The van der Waals surface area contributed by atoms with Crippen LogP contribution in [0.15, 0.2) is 24.5 Å². The zero-order chi connectivity index (χ0) is 22.8. The summed E-state index contributed by atoms with van der Waals surface area (Å²) in [6.45, 7) is 5.10. The quantitative estimate of drug-likeness (QED) is 0.481. The van der Waals surface area contributed by atoms with Crippen molar-refractivity contribution in [1.82, 2.24) is 34.6 Å². The molecular weight excluding hydrogens is 446 g/mol. The van der Waals surface area contributed by atoms with Crippen LogP contribution in [0.3, 0.4) is 0 Å². The van der Waals surface area contributed by atoms with Crippen molar-refractivity contribution in [3.8, 4) is 10.6 Å². The van der Waals surface area contributed by atoms with Crippen molar-refractivity contribution in [2.24, 2.45) is 0 Å². The summed E-state index contributed by atoms with van der Waals surface area (Å²) in [6, 6.07) is 5.09. The van der Waals surface area contributed by atoms with Gasteiger partial charge < -0.3 is 10.2 Å². The number of thiazole rings is 1. The summed E-state index contributed by atoms with van der Waals surface area (Å²) in [5.74, 6) is 2.32. The van der Waals surface area contributed by atoms with Crippen LogP contribution >= 0.6 is 11.3 Å². The van der Waals surface area contributed by atoms with Gasteiger partial charge in [-0.2, -0.15) is 10.1 Å². The fourth-order valence-corrected chi connectivity index (χ4v) is 6.55. The van der Waals surface area contributed by atoms with Gasteiger partial charge in [0.1, 0.15) is 16.6 Å². The summed E-state index contributed by atoms with van der Waals surface area (Å²) in [5, 5.41) is 8.99. The highest BCUT2D eigenvalue weighted by Crippen LogP contribution is 2.35. The Bertz CT molecular complexity index is 1390. The molecule has 7 heterocycles. The van der Waals surface area contributed by atoms with Crippen LogP contribution in [0.4, 0.5) is 17.6 Å². The van der Waals surface area contributed by atoms with Gasteiger partial charge in [0.2, 0.25) is 5.95 Å². The van der Waals surface area contributed by atoms with Gasteiger partial charge in [-0.3, -0.25) is 9.58 Å². The van der Waals surface area contributed by atoms with Gasteiger partial charge in [-0.1, -0.05) is 0 Å². The molecule has 9 nitrogen and oxygen atoms in total. The molecule has 34 heavy (non-hydrogen) atoms. The average Bonchev–Trinajstić information content (AvgIpc) is 3.60. The predicted octanol–water partition coefficient (Wildman–Crippen LogP) is 3.63. The zero-order valence-corrected chi connectivity index (χ0v) is 20.2. The molecule has 3 aliphatic heterocycles. The van der Waals surface area contributed by atoms with Crippen molar-refractivity contribution in [1.29, 1.82) is 0 Å². The number of aromatic nitrogens is 6. The summed E-state index contributed by atoms with van der Waals surface area (Å²) in [7, 11) is 2.21. The predicted molar refractivity (Wildman–Crippen MR) is 134 cm³/mol. The Kier molecular flexibility index (Phi) is 4.60. The minimum atomic E-state index is 0.502. The summed E-state index contributed by atoms with van der Waals surface area (Å²) in [6.07, 6.45) is 8.56. The van der Waals surface area contributed by atoms with Crippen molar-refractivity contribution in [3.63, 3.8) is 0 Å². The Morgan fingerprint density at radius 3 is 2.82 bits per heavy atom.